The summed E-state index contributed by atoms with van der Waals surface area (Å²) < 4.78 is 7.20. The van der Waals surface area contributed by atoms with Gasteiger partial charge in [-0.1, -0.05) is 12.1 Å². The SMILES string of the molecule is COCc1ccc(NC(=O)c2cn(C(C)(C)C3CC3)c3ncnc(N)c23)cc1. The van der Waals surface area contributed by atoms with Crippen molar-refractivity contribution in [2.45, 2.75) is 38.8 Å². The van der Waals surface area contributed by atoms with Gasteiger partial charge in [0.1, 0.15) is 17.8 Å². The van der Waals surface area contributed by atoms with E-state index in [1.807, 2.05) is 30.5 Å². The van der Waals surface area contributed by atoms with Crippen LogP contribution in [0.2, 0.25) is 0 Å². The molecular formula is C21H25N5O2. The largest absolute Gasteiger partial charge is 0.383 e. The Labute approximate surface area is 163 Å². The predicted octanol–water partition coefficient (Wildman–Crippen LogP) is 3.56. The number of carbonyl (C=O) groups excluding carboxylic acids is 1. The normalized spacial score (nSPS) is 14.4. The Kier molecular flexibility index (Phi) is 4.55. The standard InChI is InChI=1S/C21H25N5O2/c1-21(2,14-6-7-14)26-10-16(17-18(22)23-12-24-19(17)26)20(27)25-15-8-4-13(5-9-15)11-28-3/h4-5,8-10,12,14H,6-7,11H2,1-3H3,(H,25,27)(H2,22,23,24). The molecule has 1 aliphatic rings. The second-order valence-corrected chi connectivity index (χ2v) is 7.88. The minimum absolute atomic E-state index is 0.140. The molecule has 0 bridgehead atoms. The molecule has 1 amide bonds. The molecule has 1 fully saturated rings. The second kappa shape index (κ2) is 6.91. The van der Waals surface area contributed by atoms with E-state index < -0.39 is 0 Å². The quantitative estimate of drug-likeness (QED) is 0.683. The number of amides is 1. The molecule has 28 heavy (non-hydrogen) atoms. The van der Waals surface area contributed by atoms with Crippen molar-refractivity contribution in [3.63, 3.8) is 0 Å². The van der Waals surface area contributed by atoms with Gasteiger partial charge in [0.25, 0.3) is 5.91 Å². The van der Waals surface area contributed by atoms with Crippen molar-refractivity contribution in [3.8, 4) is 0 Å². The van der Waals surface area contributed by atoms with Crippen molar-refractivity contribution in [3.05, 3.63) is 47.9 Å². The molecule has 3 aromatic rings. The number of benzene rings is 1. The molecule has 0 radical (unpaired) electrons. The van der Waals surface area contributed by atoms with E-state index in [0.29, 0.717) is 40.6 Å². The van der Waals surface area contributed by atoms with E-state index in [2.05, 4.69) is 33.7 Å². The molecule has 1 aliphatic carbocycles. The highest BCUT2D eigenvalue weighted by Gasteiger charge is 2.40. The summed E-state index contributed by atoms with van der Waals surface area (Å²) in [5.74, 6) is 0.663. The van der Waals surface area contributed by atoms with Crippen LogP contribution in [0.3, 0.4) is 0 Å². The Morgan fingerprint density at radius 3 is 2.64 bits per heavy atom. The van der Waals surface area contributed by atoms with E-state index in [4.69, 9.17) is 10.5 Å². The minimum atomic E-state index is -0.226. The zero-order chi connectivity index (χ0) is 19.9. The number of nitrogen functional groups attached to an aromatic ring is 1. The highest BCUT2D eigenvalue weighted by molar-refractivity contribution is 6.14. The maximum absolute atomic E-state index is 13.1. The summed E-state index contributed by atoms with van der Waals surface area (Å²) in [6, 6.07) is 7.57. The predicted molar refractivity (Wildman–Crippen MR) is 109 cm³/mol. The summed E-state index contributed by atoms with van der Waals surface area (Å²) in [5.41, 5.74) is 8.93. The van der Waals surface area contributed by atoms with Crippen LogP contribution in [0.4, 0.5) is 11.5 Å². The molecule has 1 saturated carbocycles. The summed E-state index contributed by atoms with van der Waals surface area (Å²) in [4.78, 5) is 21.6. The Hall–Kier alpha value is -2.93. The molecule has 0 atom stereocenters. The zero-order valence-electron chi connectivity index (χ0n) is 16.4. The Morgan fingerprint density at radius 2 is 2.00 bits per heavy atom. The van der Waals surface area contributed by atoms with Crippen molar-refractivity contribution >= 4 is 28.4 Å². The van der Waals surface area contributed by atoms with Crippen LogP contribution in [0, 0.1) is 5.92 Å². The maximum Gasteiger partial charge on any atom is 0.258 e. The van der Waals surface area contributed by atoms with Gasteiger partial charge in [0, 0.05) is 24.5 Å². The number of methoxy groups -OCH3 is 1. The smallest absolute Gasteiger partial charge is 0.258 e. The number of ether oxygens (including phenoxy) is 1. The van der Waals surface area contributed by atoms with E-state index in [1.165, 1.54) is 19.2 Å². The molecule has 0 aliphatic heterocycles. The monoisotopic (exact) mass is 379 g/mol. The second-order valence-electron chi connectivity index (χ2n) is 7.88. The highest BCUT2D eigenvalue weighted by Crippen LogP contribution is 2.45. The number of fused-ring (bicyclic) bond motifs is 1. The number of nitrogens with one attached hydrogen (secondary N) is 1. The molecule has 146 valence electrons. The molecule has 0 unspecified atom stereocenters. The zero-order valence-corrected chi connectivity index (χ0v) is 16.4. The molecule has 2 aromatic heterocycles. The van der Waals surface area contributed by atoms with Crippen molar-refractivity contribution in [1.82, 2.24) is 14.5 Å². The molecule has 7 nitrogen and oxygen atoms in total. The number of anilines is 2. The molecule has 0 saturated heterocycles. The maximum atomic E-state index is 13.1. The third kappa shape index (κ3) is 3.22. The van der Waals surface area contributed by atoms with Gasteiger partial charge in [0.15, 0.2) is 0 Å². The summed E-state index contributed by atoms with van der Waals surface area (Å²) in [6.07, 6.45) is 5.68. The molecule has 7 heteroatoms. The minimum Gasteiger partial charge on any atom is -0.383 e. The third-order valence-corrected chi connectivity index (χ3v) is 5.58. The van der Waals surface area contributed by atoms with Gasteiger partial charge >= 0.3 is 0 Å². The van der Waals surface area contributed by atoms with E-state index in [1.54, 1.807) is 7.11 Å². The van der Waals surface area contributed by atoms with Crippen molar-refractivity contribution in [2.24, 2.45) is 5.92 Å². The number of nitrogens with zero attached hydrogens (tertiary/aromatic N) is 3. The summed E-state index contributed by atoms with van der Waals surface area (Å²) in [7, 11) is 1.65. The first kappa shape index (κ1) is 18.4. The van der Waals surface area contributed by atoms with Crippen LogP contribution in [-0.4, -0.2) is 27.6 Å². The fraction of sp³-hybridized carbons (Fsp3) is 0.381. The number of hydrogen-bond acceptors (Lipinski definition) is 5. The number of nitrogens with two attached hydrogens (primary N) is 1. The van der Waals surface area contributed by atoms with Gasteiger partial charge in [-0.05, 0) is 50.3 Å². The van der Waals surface area contributed by atoms with Crippen molar-refractivity contribution in [2.75, 3.05) is 18.2 Å². The number of carbonyl (C=O) groups is 1. The fourth-order valence-corrected chi connectivity index (χ4v) is 3.73. The average Bonchev–Trinajstić information content (AvgIpc) is 3.45. The molecule has 4 rings (SSSR count). The van der Waals surface area contributed by atoms with Crippen LogP contribution in [0.5, 0.6) is 0 Å². The molecule has 1 aromatic carbocycles. The molecule has 2 heterocycles. The van der Waals surface area contributed by atoms with E-state index in [0.717, 1.165) is 5.56 Å². The Bertz CT molecular complexity index is 1020. The summed E-state index contributed by atoms with van der Waals surface area (Å²) in [5, 5.41) is 3.55. The van der Waals surface area contributed by atoms with Crippen LogP contribution in [0.25, 0.3) is 11.0 Å². The number of hydrogen-bond donors (Lipinski definition) is 2. The fourth-order valence-electron chi connectivity index (χ4n) is 3.73. The van der Waals surface area contributed by atoms with Crippen molar-refractivity contribution < 1.29 is 9.53 Å². The van der Waals surface area contributed by atoms with Gasteiger partial charge in [0.05, 0.1) is 17.6 Å². The third-order valence-electron chi connectivity index (χ3n) is 5.58. The van der Waals surface area contributed by atoms with Gasteiger partial charge in [-0.15, -0.1) is 0 Å². The van der Waals surface area contributed by atoms with Crippen LogP contribution >= 0.6 is 0 Å². The van der Waals surface area contributed by atoms with Gasteiger partial charge < -0.3 is 20.4 Å². The van der Waals surface area contributed by atoms with Gasteiger partial charge in [-0.3, -0.25) is 4.79 Å². The first-order chi connectivity index (χ1) is 13.4. The summed E-state index contributed by atoms with van der Waals surface area (Å²) in [6.45, 7) is 4.89. The number of rotatable bonds is 6. The topological polar surface area (TPSA) is 95.1 Å². The molecular weight excluding hydrogens is 354 g/mol. The molecule has 0 spiro atoms. The first-order valence-corrected chi connectivity index (χ1v) is 9.43. The lowest BCUT2D eigenvalue weighted by Crippen LogP contribution is -2.28. The summed E-state index contributed by atoms with van der Waals surface area (Å²) >= 11 is 0. The lowest BCUT2D eigenvalue weighted by molar-refractivity contribution is 0.102. The van der Waals surface area contributed by atoms with Gasteiger partial charge in [-0.2, -0.15) is 0 Å². The van der Waals surface area contributed by atoms with Crippen LogP contribution in [-0.2, 0) is 16.9 Å². The Balaban J connectivity index is 1.70. The van der Waals surface area contributed by atoms with Crippen molar-refractivity contribution in [1.29, 1.82) is 0 Å². The van der Waals surface area contributed by atoms with Crippen LogP contribution in [0.1, 0.15) is 42.6 Å². The lowest BCUT2D eigenvalue weighted by atomic mass is 9.98. The lowest BCUT2D eigenvalue weighted by Gasteiger charge is -2.27. The van der Waals surface area contributed by atoms with Gasteiger partial charge in [0.2, 0.25) is 0 Å². The average molecular weight is 379 g/mol. The Morgan fingerprint density at radius 1 is 1.29 bits per heavy atom. The number of aromatic nitrogens is 3. The van der Waals surface area contributed by atoms with Crippen LogP contribution < -0.4 is 11.1 Å². The molecule has 3 N–H and O–H groups in total. The van der Waals surface area contributed by atoms with E-state index in [9.17, 15) is 4.79 Å². The first-order valence-electron chi connectivity index (χ1n) is 9.43. The van der Waals surface area contributed by atoms with Gasteiger partial charge in [-0.25, -0.2) is 9.97 Å². The van der Waals surface area contributed by atoms with E-state index >= 15 is 0 Å². The highest BCUT2D eigenvalue weighted by atomic mass is 16.5. The van der Waals surface area contributed by atoms with Crippen LogP contribution in [0.15, 0.2) is 36.8 Å². The van der Waals surface area contributed by atoms with E-state index in [-0.39, 0.29) is 11.4 Å².